The molecule has 7 nitrogen and oxygen atoms in total. The van der Waals surface area contributed by atoms with Gasteiger partial charge in [-0.1, -0.05) is 44.2 Å². The molecule has 0 spiro atoms. The maximum atomic E-state index is 12.5. The van der Waals surface area contributed by atoms with Crippen molar-refractivity contribution in [2.45, 2.75) is 45.3 Å². The maximum absolute atomic E-state index is 12.5. The third-order valence-corrected chi connectivity index (χ3v) is 3.60. The SMILES string of the molecule is CC(C)[C@H](NC(=O)[C@H](C)N)C(=O)N[C@@H](Cc1ccccc1)C(N)=O. The largest absolute Gasteiger partial charge is 0.368 e. The van der Waals surface area contributed by atoms with E-state index in [4.69, 9.17) is 11.5 Å². The van der Waals surface area contributed by atoms with Crippen molar-refractivity contribution in [3.8, 4) is 0 Å². The number of benzene rings is 1. The summed E-state index contributed by atoms with van der Waals surface area (Å²) in [5.74, 6) is -1.69. The molecule has 132 valence electrons. The van der Waals surface area contributed by atoms with Crippen molar-refractivity contribution in [1.82, 2.24) is 10.6 Å². The van der Waals surface area contributed by atoms with E-state index in [-0.39, 0.29) is 12.3 Å². The first-order valence-electron chi connectivity index (χ1n) is 7.92. The summed E-state index contributed by atoms with van der Waals surface area (Å²) >= 11 is 0. The van der Waals surface area contributed by atoms with Crippen LogP contribution in [-0.2, 0) is 20.8 Å². The second-order valence-corrected chi connectivity index (χ2v) is 6.17. The molecule has 7 heteroatoms. The molecule has 0 unspecified atom stereocenters. The average molecular weight is 334 g/mol. The Morgan fingerprint density at radius 3 is 2.04 bits per heavy atom. The number of nitrogens with two attached hydrogens (primary N) is 2. The van der Waals surface area contributed by atoms with Gasteiger partial charge in [-0.05, 0) is 18.4 Å². The van der Waals surface area contributed by atoms with Crippen molar-refractivity contribution in [1.29, 1.82) is 0 Å². The normalized spacial score (nSPS) is 14.5. The van der Waals surface area contributed by atoms with E-state index in [1.165, 1.54) is 6.92 Å². The van der Waals surface area contributed by atoms with Gasteiger partial charge in [0.25, 0.3) is 0 Å². The van der Waals surface area contributed by atoms with Crippen molar-refractivity contribution in [2.75, 3.05) is 0 Å². The summed E-state index contributed by atoms with van der Waals surface area (Å²) in [5, 5.41) is 5.22. The van der Waals surface area contributed by atoms with Gasteiger partial charge in [0.2, 0.25) is 17.7 Å². The van der Waals surface area contributed by atoms with Crippen LogP contribution in [0, 0.1) is 5.92 Å². The van der Waals surface area contributed by atoms with Crippen LogP contribution >= 0.6 is 0 Å². The van der Waals surface area contributed by atoms with Gasteiger partial charge in [-0.15, -0.1) is 0 Å². The minimum absolute atomic E-state index is 0.169. The minimum Gasteiger partial charge on any atom is -0.368 e. The molecule has 0 fully saturated rings. The number of rotatable bonds is 8. The van der Waals surface area contributed by atoms with Crippen LogP contribution in [0.15, 0.2) is 30.3 Å². The van der Waals surface area contributed by atoms with Crippen LogP contribution in [0.1, 0.15) is 26.3 Å². The lowest BCUT2D eigenvalue weighted by molar-refractivity contribution is -0.132. The highest BCUT2D eigenvalue weighted by Crippen LogP contribution is 2.06. The molecule has 0 aliphatic heterocycles. The van der Waals surface area contributed by atoms with Gasteiger partial charge < -0.3 is 22.1 Å². The topological polar surface area (TPSA) is 127 Å². The number of hydrogen-bond acceptors (Lipinski definition) is 4. The molecule has 1 aromatic carbocycles. The number of carbonyl (C=O) groups is 3. The maximum Gasteiger partial charge on any atom is 0.243 e. The predicted octanol–water partition coefficient (Wildman–Crippen LogP) is -0.313. The molecule has 0 radical (unpaired) electrons. The van der Waals surface area contributed by atoms with E-state index in [1.807, 2.05) is 30.3 Å². The molecule has 0 aromatic heterocycles. The average Bonchev–Trinajstić information content (AvgIpc) is 2.51. The number of carbonyl (C=O) groups excluding carboxylic acids is 3. The number of amides is 3. The van der Waals surface area contributed by atoms with Crippen molar-refractivity contribution < 1.29 is 14.4 Å². The van der Waals surface area contributed by atoms with Crippen LogP contribution in [0.25, 0.3) is 0 Å². The zero-order valence-corrected chi connectivity index (χ0v) is 14.3. The fourth-order valence-electron chi connectivity index (χ4n) is 2.15. The number of hydrogen-bond donors (Lipinski definition) is 4. The fourth-order valence-corrected chi connectivity index (χ4v) is 2.15. The van der Waals surface area contributed by atoms with Crippen molar-refractivity contribution in [2.24, 2.45) is 17.4 Å². The van der Waals surface area contributed by atoms with Gasteiger partial charge in [0.05, 0.1) is 6.04 Å². The van der Waals surface area contributed by atoms with Crippen LogP contribution in [0.4, 0.5) is 0 Å². The molecule has 24 heavy (non-hydrogen) atoms. The highest BCUT2D eigenvalue weighted by atomic mass is 16.2. The van der Waals surface area contributed by atoms with Gasteiger partial charge in [0.1, 0.15) is 12.1 Å². The molecule has 0 aliphatic carbocycles. The smallest absolute Gasteiger partial charge is 0.243 e. The highest BCUT2D eigenvalue weighted by molar-refractivity contribution is 5.92. The Labute approximate surface area is 142 Å². The van der Waals surface area contributed by atoms with Crippen molar-refractivity contribution in [3.63, 3.8) is 0 Å². The van der Waals surface area contributed by atoms with Gasteiger partial charge in [-0.25, -0.2) is 0 Å². The Morgan fingerprint density at radius 2 is 1.58 bits per heavy atom. The monoisotopic (exact) mass is 334 g/mol. The lowest BCUT2D eigenvalue weighted by atomic mass is 10.0. The van der Waals surface area contributed by atoms with Gasteiger partial charge in [0, 0.05) is 6.42 Å². The zero-order valence-electron chi connectivity index (χ0n) is 14.3. The Morgan fingerprint density at radius 1 is 1.00 bits per heavy atom. The molecule has 0 heterocycles. The van der Waals surface area contributed by atoms with Crippen molar-refractivity contribution >= 4 is 17.7 Å². The minimum atomic E-state index is -0.853. The standard InChI is InChI=1S/C17H26N4O3/c1-10(2)14(21-16(23)11(3)18)17(24)20-13(15(19)22)9-12-7-5-4-6-8-12/h4-8,10-11,13-14H,9,18H2,1-3H3,(H2,19,22)(H,20,24)(H,21,23)/t11-,13-,14-/m0/s1. The fraction of sp³-hybridized carbons (Fsp3) is 0.471. The molecule has 3 atom stereocenters. The summed E-state index contributed by atoms with van der Waals surface area (Å²) < 4.78 is 0. The van der Waals surface area contributed by atoms with Gasteiger partial charge >= 0.3 is 0 Å². The van der Waals surface area contributed by atoms with Crippen LogP contribution < -0.4 is 22.1 Å². The Hall–Kier alpha value is -2.41. The van der Waals surface area contributed by atoms with E-state index in [1.54, 1.807) is 13.8 Å². The quantitative estimate of drug-likeness (QED) is 0.520. The van der Waals surface area contributed by atoms with Gasteiger partial charge in [0.15, 0.2) is 0 Å². The molecule has 0 saturated carbocycles. The van der Waals surface area contributed by atoms with E-state index in [0.717, 1.165) is 5.56 Å². The van der Waals surface area contributed by atoms with Crippen LogP contribution in [0.3, 0.4) is 0 Å². The second-order valence-electron chi connectivity index (χ2n) is 6.17. The Kier molecular flexibility index (Phi) is 7.38. The van der Waals surface area contributed by atoms with Gasteiger partial charge in [-0.2, -0.15) is 0 Å². The number of nitrogens with one attached hydrogen (secondary N) is 2. The molecule has 1 aromatic rings. The summed E-state index contributed by atoms with van der Waals surface area (Å²) in [5.41, 5.74) is 11.8. The first kappa shape index (κ1) is 19.6. The number of primary amides is 1. The first-order chi connectivity index (χ1) is 11.2. The molecular weight excluding hydrogens is 308 g/mol. The van der Waals surface area contributed by atoms with Gasteiger partial charge in [-0.3, -0.25) is 14.4 Å². The van der Waals surface area contributed by atoms with E-state index in [0.29, 0.717) is 0 Å². The molecule has 6 N–H and O–H groups in total. The Bertz CT molecular complexity index is 572. The molecule has 0 aliphatic rings. The first-order valence-corrected chi connectivity index (χ1v) is 7.92. The van der Waals surface area contributed by atoms with E-state index in [2.05, 4.69) is 10.6 Å². The van der Waals surface area contributed by atoms with Crippen LogP contribution in [0.5, 0.6) is 0 Å². The molecule has 0 saturated heterocycles. The molecular formula is C17H26N4O3. The van der Waals surface area contributed by atoms with E-state index < -0.39 is 35.8 Å². The Balaban J connectivity index is 2.81. The van der Waals surface area contributed by atoms with Crippen LogP contribution in [-0.4, -0.2) is 35.8 Å². The summed E-state index contributed by atoms with van der Waals surface area (Å²) in [6.45, 7) is 5.12. The zero-order chi connectivity index (χ0) is 18.3. The summed E-state index contributed by atoms with van der Waals surface area (Å²) in [6.07, 6.45) is 0.286. The highest BCUT2D eigenvalue weighted by Gasteiger charge is 2.28. The van der Waals surface area contributed by atoms with Crippen LogP contribution in [0.2, 0.25) is 0 Å². The lowest BCUT2D eigenvalue weighted by Crippen LogP contribution is -2.57. The van der Waals surface area contributed by atoms with E-state index >= 15 is 0 Å². The lowest BCUT2D eigenvalue weighted by Gasteiger charge is -2.25. The van der Waals surface area contributed by atoms with Crippen molar-refractivity contribution in [3.05, 3.63) is 35.9 Å². The third-order valence-electron chi connectivity index (χ3n) is 3.60. The molecule has 3 amide bonds. The molecule has 1 rings (SSSR count). The second kappa shape index (κ2) is 9.02. The summed E-state index contributed by atoms with van der Waals surface area (Å²) in [4.78, 5) is 35.9. The third kappa shape index (κ3) is 6.00. The predicted molar refractivity (Wildman–Crippen MR) is 91.7 cm³/mol. The summed E-state index contributed by atoms with van der Waals surface area (Å²) in [7, 11) is 0. The summed E-state index contributed by atoms with van der Waals surface area (Å²) in [6, 6.07) is 6.87. The van der Waals surface area contributed by atoms with E-state index in [9.17, 15) is 14.4 Å². The molecule has 0 bridgehead atoms.